The van der Waals surface area contributed by atoms with Gasteiger partial charge in [-0.2, -0.15) is 0 Å². The monoisotopic (exact) mass is 380 g/mol. The van der Waals surface area contributed by atoms with Gasteiger partial charge in [-0.3, -0.25) is 0 Å². The van der Waals surface area contributed by atoms with Gasteiger partial charge in [0.05, 0.1) is 5.60 Å². The first-order chi connectivity index (χ1) is 9.29. The van der Waals surface area contributed by atoms with E-state index in [9.17, 15) is 5.11 Å². The molecule has 0 aliphatic rings. The van der Waals surface area contributed by atoms with Crippen LogP contribution in [0.2, 0.25) is 0 Å². The molecule has 0 aromatic heterocycles. The molecule has 0 aliphatic heterocycles. The summed E-state index contributed by atoms with van der Waals surface area (Å²) >= 11 is 2.28. The van der Waals surface area contributed by atoms with E-state index < -0.39 is 5.60 Å². The number of aliphatic hydroxyl groups is 1. The van der Waals surface area contributed by atoms with Crippen molar-refractivity contribution < 1.29 is 5.11 Å². The van der Waals surface area contributed by atoms with Gasteiger partial charge in [-0.1, -0.05) is 29.8 Å². The first kappa shape index (κ1) is 15.5. The van der Waals surface area contributed by atoms with Gasteiger partial charge in [0.15, 0.2) is 0 Å². The highest BCUT2D eigenvalue weighted by molar-refractivity contribution is 14.1. The third-order valence-corrected chi connectivity index (χ3v) is 4.55. The van der Waals surface area contributed by atoms with Gasteiger partial charge in [0.1, 0.15) is 0 Å². The highest BCUT2D eigenvalue weighted by atomic mass is 127. The van der Waals surface area contributed by atoms with Crippen molar-refractivity contribution in [1.29, 1.82) is 0 Å². The second kappa shape index (κ2) is 5.86. The maximum Gasteiger partial charge on any atom is 0.0908 e. The van der Waals surface area contributed by atoms with Crippen molar-refractivity contribution in [3.63, 3.8) is 0 Å². The molecule has 1 nitrogen and oxygen atoms in total. The second-order valence-corrected chi connectivity index (χ2v) is 7.08. The molecule has 0 radical (unpaired) electrons. The maximum absolute atomic E-state index is 10.8. The highest BCUT2D eigenvalue weighted by Gasteiger charge is 2.25. The molecule has 1 atom stereocenters. The van der Waals surface area contributed by atoms with Crippen LogP contribution in [0.1, 0.15) is 34.7 Å². The lowest BCUT2D eigenvalue weighted by Gasteiger charge is -2.26. The summed E-state index contributed by atoms with van der Waals surface area (Å²) < 4.78 is 1.19. The fourth-order valence-corrected chi connectivity index (χ4v) is 3.10. The molecule has 0 spiro atoms. The van der Waals surface area contributed by atoms with E-state index in [2.05, 4.69) is 55.5 Å². The first-order valence-electron chi connectivity index (χ1n) is 6.85. The van der Waals surface area contributed by atoms with E-state index in [0.717, 1.165) is 5.56 Å². The molecule has 2 aromatic rings. The molecule has 2 rings (SSSR count). The molecule has 0 bridgehead atoms. The number of rotatable bonds is 3. The molecule has 0 amide bonds. The lowest BCUT2D eigenvalue weighted by Crippen LogP contribution is -2.25. The number of aryl methyl sites for hydroxylation is 3. The van der Waals surface area contributed by atoms with Crippen molar-refractivity contribution in [2.24, 2.45) is 0 Å². The van der Waals surface area contributed by atoms with Gasteiger partial charge in [-0.05, 0) is 84.7 Å². The van der Waals surface area contributed by atoms with E-state index in [0.29, 0.717) is 6.42 Å². The zero-order valence-corrected chi connectivity index (χ0v) is 14.7. The smallest absolute Gasteiger partial charge is 0.0908 e. The van der Waals surface area contributed by atoms with Crippen LogP contribution in [0, 0.1) is 24.3 Å². The summed E-state index contributed by atoms with van der Waals surface area (Å²) in [6.07, 6.45) is 0.644. The highest BCUT2D eigenvalue weighted by Crippen LogP contribution is 2.29. The summed E-state index contributed by atoms with van der Waals surface area (Å²) in [7, 11) is 0. The summed E-state index contributed by atoms with van der Waals surface area (Å²) in [4.78, 5) is 0. The molecule has 0 aliphatic carbocycles. The molecule has 0 fully saturated rings. The number of halogens is 1. The zero-order valence-electron chi connectivity index (χ0n) is 12.5. The first-order valence-corrected chi connectivity index (χ1v) is 7.92. The Hall–Kier alpha value is -0.870. The van der Waals surface area contributed by atoms with Gasteiger partial charge < -0.3 is 5.11 Å². The Balaban J connectivity index is 2.35. The largest absolute Gasteiger partial charge is 0.385 e. The minimum atomic E-state index is -0.838. The van der Waals surface area contributed by atoms with Crippen molar-refractivity contribution in [3.05, 3.63) is 67.8 Å². The summed E-state index contributed by atoms with van der Waals surface area (Å²) in [6, 6.07) is 12.5. The molecule has 1 unspecified atom stereocenters. The van der Waals surface area contributed by atoms with Gasteiger partial charge in [0.25, 0.3) is 0 Å². The van der Waals surface area contributed by atoms with Crippen molar-refractivity contribution in [2.45, 2.75) is 39.7 Å². The van der Waals surface area contributed by atoms with E-state index in [1.165, 1.54) is 25.8 Å². The summed E-state index contributed by atoms with van der Waals surface area (Å²) in [5, 5.41) is 10.8. The lowest BCUT2D eigenvalue weighted by molar-refractivity contribution is 0.0573. The van der Waals surface area contributed by atoms with Crippen molar-refractivity contribution in [3.8, 4) is 0 Å². The Bertz CT molecular complexity index is 589. The average Bonchev–Trinajstić information content (AvgIpc) is 2.34. The van der Waals surface area contributed by atoms with Crippen LogP contribution in [-0.4, -0.2) is 5.11 Å². The molecule has 0 saturated heterocycles. The molecule has 0 saturated carbocycles. The van der Waals surface area contributed by atoms with Crippen LogP contribution in [0.5, 0.6) is 0 Å². The predicted molar refractivity (Wildman–Crippen MR) is 93.1 cm³/mol. The van der Waals surface area contributed by atoms with E-state index in [4.69, 9.17) is 0 Å². The van der Waals surface area contributed by atoms with Crippen molar-refractivity contribution in [1.82, 2.24) is 0 Å². The maximum atomic E-state index is 10.8. The van der Waals surface area contributed by atoms with Crippen LogP contribution in [0.3, 0.4) is 0 Å². The zero-order chi connectivity index (χ0) is 14.9. The van der Waals surface area contributed by atoms with Gasteiger partial charge in [0, 0.05) is 9.99 Å². The van der Waals surface area contributed by atoms with Crippen LogP contribution < -0.4 is 0 Å². The number of benzene rings is 2. The van der Waals surface area contributed by atoms with Crippen LogP contribution >= 0.6 is 22.6 Å². The fourth-order valence-electron chi connectivity index (χ4n) is 2.74. The van der Waals surface area contributed by atoms with Crippen LogP contribution in [-0.2, 0) is 12.0 Å². The molecule has 2 aromatic carbocycles. The van der Waals surface area contributed by atoms with Gasteiger partial charge in [0.2, 0.25) is 0 Å². The summed E-state index contributed by atoms with van der Waals surface area (Å²) in [6.45, 7) is 8.26. The Morgan fingerprint density at radius 3 is 2.00 bits per heavy atom. The molecule has 0 heterocycles. The Labute approximate surface area is 135 Å². The third-order valence-electron chi connectivity index (χ3n) is 3.83. The van der Waals surface area contributed by atoms with E-state index >= 15 is 0 Å². The average molecular weight is 380 g/mol. The van der Waals surface area contributed by atoms with E-state index in [-0.39, 0.29) is 0 Å². The standard InChI is InChI=1S/C18H21IO/c1-12-9-13(2)17(14(3)10-12)11-18(4,20)15-5-7-16(19)8-6-15/h5-10,20H,11H2,1-4H3. The minimum Gasteiger partial charge on any atom is -0.385 e. The Morgan fingerprint density at radius 2 is 1.50 bits per heavy atom. The molecule has 1 N–H and O–H groups in total. The molecular weight excluding hydrogens is 359 g/mol. The predicted octanol–water partition coefficient (Wildman–Crippen LogP) is 4.67. The molecule has 106 valence electrons. The number of hydrogen-bond acceptors (Lipinski definition) is 1. The van der Waals surface area contributed by atoms with Gasteiger partial charge in [-0.15, -0.1) is 0 Å². The van der Waals surface area contributed by atoms with Gasteiger partial charge >= 0.3 is 0 Å². The van der Waals surface area contributed by atoms with Crippen molar-refractivity contribution >= 4 is 22.6 Å². The molecular formula is C18H21IO. The Morgan fingerprint density at radius 1 is 1.00 bits per heavy atom. The van der Waals surface area contributed by atoms with Gasteiger partial charge in [-0.25, -0.2) is 0 Å². The van der Waals surface area contributed by atoms with Crippen LogP contribution in [0.4, 0.5) is 0 Å². The Kier molecular flexibility index (Phi) is 4.55. The minimum absolute atomic E-state index is 0.644. The van der Waals surface area contributed by atoms with Crippen LogP contribution in [0.15, 0.2) is 36.4 Å². The molecule has 2 heteroatoms. The van der Waals surface area contributed by atoms with Crippen LogP contribution in [0.25, 0.3) is 0 Å². The number of hydrogen-bond donors (Lipinski definition) is 1. The normalized spacial score (nSPS) is 14.1. The SMILES string of the molecule is Cc1cc(C)c(CC(C)(O)c2ccc(I)cc2)c(C)c1. The molecule has 20 heavy (non-hydrogen) atoms. The topological polar surface area (TPSA) is 20.2 Å². The second-order valence-electron chi connectivity index (χ2n) is 5.83. The summed E-state index contributed by atoms with van der Waals surface area (Å²) in [5.41, 5.74) is 5.17. The quantitative estimate of drug-likeness (QED) is 0.768. The van der Waals surface area contributed by atoms with E-state index in [1.54, 1.807) is 0 Å². The lowest BCUT2D eigenvalue weighted by atomic mass is 9.85. The van der Waals surface area contributed by atoms with E-state index in [1.807, 2.05) is 31.2 Å². The fraction of sp³-hybridized carbons (Fsp3) is 0.333. The summed E-state index contributed by atoms with van der Waals surface area (Å²) in [5.74, 6) is 0. The third kappa shape index (κ3) is 3.41. The van der Waals surface area contributed by atoms with Crippen molar-refractivity contribution in [2.75, 3.05) is 0 Å².